The standard InChI is InChI=1S/C26H27F4N3O5.C24H27F2N3O4/c1-26(2,3)38-25(37)32-12-17(13-32)24(36)33(19-6-4-5-18(27)10-19)14-16-8-7-15(9-20(16)28)21(34)11-31-23(35)22(29)30;1-24(2,3)33-23(32)28-12-17(13-28)22(31)29(19-6-4-5-18(25)10-19)14-16-8-7-15(9-20(16)26)21(30)11-27/h4-10,17,22H,11-14H2,1-3H3,(H,31,35);4-10,17H,11-14,27H2,1-3H3. The normalized spacial score (nSPS) is 13.8. The molecule has 2 aliphatic rings. The van der Waals surface area contributed by atoms with Gasteiger partial charge in [-0.2, -0.15) is 8.78 Å². The number of amides is 5. The van der Waals surface area contributed by atoms with Crippen molar-refractivity contribution in [3.63, 3.8) is 0 Å². The van der Waals surface area contributed by atoms with E-state index in [0.717, 1.165) is 18.2 Å². The molecule has 0 spiro atoms. The van der Waals surface area contributed by atoms with Gasteiger partial charge >= 0.3 is 18.6 Å². The van der Waals surface area contributed by atoms with Crippen LogP contribution < -0.4 is 20.9 Å². The molecule has 15 nitrogen and oxygen atoms in total. The highest BCUT2D eigenvalue weighted by molar-refractivity contribution is 6.00. The lowest BCUT2D eigenvalue weighted by atomic mass is 9.98. The zero-order chi connectivity index (χ0) is 52.5. The molecule has 71 heavy (non-hydrogen) atoms. The van der Waals surface area contributed by atoms with Crippen LogP contribution in [-0.4, -0.2) is 108 Å². The number of Topliss-reactive ketones (excluding diaryl/α,β-unsaturated/α-hetero) is 2. The Morgan fingerprint density at radius 1 is 0.620 bits per heavy atom. The molecule has 2 heterocycles. The molecule has 6 rings (SSSR count). The largest absolute Gasteiger partial charge is 0.444 e. The Balaban J connectivity index is 0.000000267. The molecular weight excluding hydrogens is 943 g/mol. The molecular formula is C50H54F6N6O9. The second-order valence-electron chi connectivity index (χ2n) is 18.7. The number of likely N-dealkylation sites (tertiary alicyclic amines) is 2. The Morgan fingerprint density at radius 3 is 1.35 bits per heavy atom. The number of alkyl halides is 2. The minimum Gasteiger partial charge on any atom is -0.444 e. The number of carbonyl (C=O) groups excluding carboxylic acids is 7. The van der Waals surface area contributed by atoms with Gasteiger partial charge in [-0.3, -0.25) is 24.0 Å². The molecule has 0 saturated carbocycles. The van der Waals surface area contributed by atoms with Gasteiger partial charge in [-0.1, -0.05) is 36.4 Å². The number of halogens is 6. The minimum atomic E-state index is -3.29. The number of ether oxygens (including phenoxy) is 2. The molecule has 4 aromatic carbocycles. The summed E-state index contributed by atoms with van der Waals surface area (Å²) in [5.74, 6) is -7.53. The van der Waals surface area contributed by atoms with Gasteiger partial charge in [-0.15, -0.1) is 0 Å². The topological polar surface area (TPSA) is 189 Å². The van der Waals surface area contributed by atoms with E-state index in [4.69, 9.17) is 15.2 Å². The monoisotopic (exact) mass is 996 g/mol. The first-order valence-electron chi connectivity index (χ1n) is 22.2. The molecule has 3 N–H and O–H groups in total. The highest BCUT2D eigenvalue weighted by atomic mass is 19.3. The van der Waals surface area contributed by atoms with Crippen LogP contribution in [0.15, 0.2) is 84.9 Å². The predicted molar refractivity (Wildman–Crippen MR) is 247 cm³/mol. The SMILES string of the molecule is CC(C)(C)OC(=O)N1CC(C(=O)N(Cc2ccc(C(=O)CN)cc2F)c2cccc(F)c2)C1.CC(C)(C)OC(=O)N1CC(C(=O)N(Cc2ccc(C(=O)CNC(=O)C(F)F)cc2F)c2cccc(F)c2)C1. The van der Waals surface area contributed by atoms with Crippen LogP contribution in [0.5, 0.6) is 0 Å². The first-order valence-corrected chi connectivity index (χ1v) is 22.2. The lowest BCUT2D eigenvalue weighted by molar-refractivity contribution is -0.131. The Bertz CT molecular complexity index is 2650. The number of benzene rings is 4. The zero-order valence-electron chi connectivity index (χ0n) is 39.8. The number of ketones is 2. The molecule has 2 fully saturated rings. The van der Waals surface area contributed by atoms with Gasteiger partial charge in [0.15, 0.2) is 11.6 Å². The quantitative estimate of drug-likeness (QED) is 0.0950. The molecule has 0 aliphatic carbocycles. The van der Waals surface area contributed by atoms with Gasteiger partial charge in [0.1, 0.15) is 34.5 Å². The zero-order valence-corrected chi connectivity index (χ0v) is 39.8. The van der Waals surface area contributed by atoms with Crippen LogP contribution in [0.1, 0.15) is 73.4 Å². The molecule has 0 atom stereocenters. The van der Waals surface area contributed by atoms with E-state index >= 15 is 0 Å². The van der Waals surface area contributed by atoms with Crippen molar-refractivity contribution in [3.05, 3.63) is 130 Å². The predicted octanol–water partition coefficient (Wildman–Crippen LogP) is 7.44. The van der Waals surface area contributed by atoms with Crippen molar-refractivity contribution >= 4 is 52.8 Å². The highest BCUT2D eigenvalue weighted by Crippen LogP contribution is 2.29. The lowest BCUT2D eigenvalue weighted by Gasteiger charge is -2.41. The van der Waals surface area contributed by atoms with Crippen LogP contribution in [-0.2, 0) is 36.9 Å². The molecule has 0 unspecified atom stereocenters. The van der Waals surface area contributed by atoms with Gasteiger partial charge in [0.05, 0.1) is 38.0 Å². The van der Waals surface area contributed by atoms with Gasteiger partial charge in [0, 0.05) is 59.8 Å². The third-order valence-electron chi connectivity index (χ3n) is 10.8. The summed E-state index contributed by atoms with van der Waals surface area (Å²) < 4.78 is 92.7. The molecule has 0 bridgehead atoms. The van der Waals surface area contributed by atoms with Gasteiger partial charge in [0.2, 0.25) is 11.8 Å². The van der Waals surface area contributed by atoms with Crippen LogP contribution >= 0.6 is 0 Å². The van der Waals surface area contributed by atoms with E-state index in [1.54, 1.807) is 52.9 Å². The van der Waals surface area contributed by atoms with E-state index in [2.05, 4.69) is 0 Å². The maximum absolute atomic E-state index is 14.9. The number of nitrogens with two attached hydrogens (primary N) is 1. The summed E-state index contributed by atoms with van der Waals surface area (Å²) in [7, 11) is 0. The third-order valence-corrected chi connectivity index (χ3v) is 10.8. The summed E-state index contributed by atoms with van der Waals surface area (Å²) in [6, 6.07) is 17.9. The van der Waals surface area contributed by atoms with E-state index in [-0.39, 0.29) is 85.3 Å². The van der Waals surface area contributed by atoms with Crippen LogP contribution in [0.2, 0.25) is 0 Å². The van der Waals surface area contributed by atoms with Crippen LogP contribution in [0.25, 0.3) is 0 Å². The number of nitrogens with zero attached hydrogens (tertiary/aromatic N) is 4. The number of hydrogen-bond acceptors (Lipinski definition) is 10. The molecule has 4 aromatic rings. The van der Waals surface area contributed by atoms with E-state index in [1.807, 2.05) is 0 Å². The number of nitrogens with one attached hydrogen (secondary N) is 1. The summed E-state index contributed by atoms with van der Waals surface area (Å²) in [6.45, 7) is 9.34. The fourth-order valence-corrected chi connectivity index (χ4v) is 7.05. The van der Waals surface area contributed by atoms with Gasteiger partial charge in [-0.05, 0) is 90.1 Å². The average Bonchev–Trinajstić information content (AvgIpc) is 3.24. The van der Waals surface area contributed by atoms with Gasteiger partial charge < -0.3 is 40.1 Å². The van der Waals surface area contributed by atoms with Crippen molar-refractivity contribution in [1.29, 1.82) is 0 Å². The Kier molecular flexibility index (Phi) is 17.8. The van der Waals surface area contributed by atoms with Crippen molar-refractivity contribution in [2.24, 2.45) is 17.6 Å². The molecule has 2 saturated heterocycles. The molecule has 0 aromatic heterocycles. The van der Waals surface area contributed by atoms with Crippen molar-refractivity contribution in [2.45, 2.75) is 72.3 Å². The van der Waals surface area contributed by atoms with Crippen molar-refractivity contribution in [3.8, 4) is 0 Å². The van der Waals surface area contributed by atoms with Gasteiger partial charge in [0.25, 0.3) is 5.91 Å². The Hall–Kier alpha value is -7.29. The van der Waals surface area contributed by atoms with E-state index < -0.39 is 94.8 Å². The molecule has 21 heteroatoms. The van der Waals surface area contributed by atoms with Crippen molar-refractivity contribution in [2.75, 3.05) is 49.1 Å². The van der Waals surface area contributed by atoms with Crippen LogP contribution in [0.4, 0.5) is 47.3 Å². The smallest absolute Gasteiger partial charge is 0.410 e. The number of rotatable bonds is 14. The summed E-state index contributed by atoms with van der Waals surface area (Å²) in [4.78, 5) is 91.1. The first-order chi connectivity index (χ1) is 33.2. The first kappa shape index (κ1) is 54.6. The minimum absolute atomic E-state index is 0.000834. The Labute approximate surface area is 405 Å². The summed E-state index contributed by atoms with van der Waals surface area (Å²) in [5, 5.41) is 1.75. The van der Waals surface area contributed by atoms with E-state index in [9.17, 15) is 59.9 Å². The third kappa shape index (κ3) is 15.1. The lowest BCUT2D eigenvalue weighted by Crippen LogP contribution is -2.57. The number of carbonyl (C=O) groups is 7. The van der Waals surface area contributed by atoms with Crippen LogP contribution in [0, 0.1) is 35.1 Å². The maximum atomic E-state index is 14.9. The summed E-state index contributed by atoms with van der Waals surface area (Å²) >= 11 is 0. The molecule has 0 radical (unpaired) electrons. The maximum Gasteiger partial charge on any atom is 0.410 e. The highest BCUT2D eigenvalue weighted by Gasteiger charge is 2.42. The van der Waals surface area contributed by atoms with Crippen molar-refractivity contribution in [1.82, 2.24) is 15.1 Å². The van der Waals surface area contributed by atoms with E-state index in [0.29, 0.717) is 0 Å². The molecule has 5 amide bonds. The fraction of sp³-hybridized carbons (Fsp3) is 0.380. The van der Waals surface area contributed by atoms with E-state index in [1.165, 1.54) is 80.3 Å². The van der Waals surface area contributed by atoms with Gasteiger partial charge in [-0.25, -0.2) is 27.2 Å². The Morgan fingerprint density at radius 2 is 1.01 bits per heavy atom. The fourth-order valence-electron chi connectivity index (χ4n) is 7.05. The summed E-state index contributed by atoms with van der Waals surface area (Å²) in [5.41, 5.74) is 4.51. The number of anilines is 2. The second-order valence-corrected chi connectivity index (χ2v) is 18.7. The molecule has 2 aliphatic heterocycles. The van der Waals surface area contributed by atoms with Crippen LogP contribution in [0.3, 0.4) is 0 Å². The number of hydrogen-bond donors (Lipinski definition) is 2. The molecule has 380 valence electrons. The average molecular weight is 997 g/mol. The second kappa shape index (κ2) is 23.1. The summed E-state index contributed by atoms with van der Waals surface area (Å²) in [6.07, 6.45) is -4.38. The van der Waals surface area contributed by atoms with Crippen molar-refractivity contribution < 1.29 is 69.4 Å².